The zero-order valence-electron chi connectivity index (χ0n) is 16.9. The second-order valence-corrected chi connectivity index (χ2v) is 8.31. The molecule has 2 amide bonds. The number of hydrogen-bond acceptors (Lipinski definition) is 4. The van der Waals surface area contributed by atoms with E-state index in [-0.39, 0.29) is 17.9 Å². The summed E-state index contributed by atoms with van der Waals surface area (Å²) in [6, 6.07) is 7.65. The van der Waals surface area contributed by atoms with Crippen molar-refractivity contribution in [2.24, 2.45) is 0 Å². The Kier molecular flexibility index (Phi) is 7.32. The molecule has 0 aliphatic carbocycles. The minimum absolute atomic E-state index is 0.00383. The van der Waals surface area contributed by atoms with E-state index in [1.165, 1.54) is 0 Å². The maximum atomic E-state index is 12.7. The van der Waals surface area contributed by atoms with Crippen LogP contribution in [0.1, 0.15) is 31.4 Å². The van der Waals surface area contributed by atoms with Gasteiger partial charge in [-0.05, 0) is 37.5 Å². The molecular formula is C21H31ClN4O2. The van der Waals surface area contributed by atoms with Gasteiger partial charge in [-0.2, -0.15) is 0 Å². The van der Waals surface area contributed by atoms with E-state index in [4.69, 9.17) is 11.6 Å². The van der Waals surface area contributed by atoms with Crippen LogP contribution < -0.4 is 0 Å². The monoisotopic (exact) mass is 406 g/mol. The van der Waals surface area contributed by atoms with Crippen molar-refractivity contribution in [1.29, 1.82) is 0 Å². The largest absolute Gasteiger partial charge is 0.342 e. The Morgan fingerprint density at radius 3 is 2.07 bits per heavy atom. The van der Waals surface area contributed by atoms with Gasteiger partial charge in [0.2, 0.25) is 11.8 Å². The zero-order chi connectivity index (χ0) is 20.1. The minimum Gasteiger partial charge on any atom is -0.342 e. The van der Waals surface area contributed by atoms with E-state index >= 15 is 0 Å². The Morgan fingerprint density at radius 1 is 0.964 bits per heavy atom. The Bertz CT molecular complexity index is 667. The summed E-state index contributed by atoms with van der Waals surface area (Å²) in [5, 5.41) is 0.700. The Morgan fingerprint density at radius 2 is 1.50 bits per heavy atom. The number of likely N-dealkylation sites (N-methyl/N-ethyl adjacent to an activating group) is 1. The molecule has 2 aliphatic rings. The summed E-state index contributed by atoms with van der Waals surface area (Å²) in [6.07, 6.45) is 2.26. The fourth-order valence-electron chi connectivity index (χ4n) is 3.85. The number of likely N-dealkylation sites (tertiary alicyclic amines) is 1. The van der Waals surface area contributed by atoms with Crippen molar-refractivity contribution >= 4 is 23.4 Å². The molecule has 154 valence electrons. The fourth-order valence-corrected chi connectivity index (χ4v) is 3.97. The molecule has 0 bridgehead atoms. The summed E-state index contributed by atoms with van der Waals surface area (Å²) >= 11 is 5.95. The first-order valence-corrected chi connectivity index (χ1v) is 10.6. The van der Waals surface area contributed by atoms with Gasteiger partial charge in [-0.25, -0.2) is 0 Å². The molecule has 2 fully saturated rings. The van der Waals surface area contributed by atoms with E-state index in [1.807, 2.05) is 43.1 Å². The predicted octanol–water partition coefficient (Wildman–Crippen LogP) is 2.10. The van der Waals surface area contributed by atoms with Crippen LogP contribution in [-0.4, -0.2) is 90.8 Å². The van der Waals surface area contributed by atoms with Crippen LogP contribution in [0.15, 0.2) is 24.3 Å². The summed E-state index contributed by atoms with van der Waals surface area (Å²) in [7, 11) is 1.85. The highest BCUT2D eigenvalue weighted by Crippen LogP contribution is 2.21. The lowest BCUT2D eigenvalue weighted by Gasteiger charge is -2.36. The molecule has 0 radical (unpaired) electrons. The molecule has 0 saturated carbocycles. The highest BCUT2D eigenvalue weighted by atomic mass is 35.5. The van der Waals surface area contributed by atoms with Crippen molar-refractivity contribution in [3.8, 4) is 0 Å². The number of halogens is 1. The second kappa shape index (κ2) is 9.72. The van der Waals surface area contributed by atoms with Gasteiger partial charge >= 0.3 is 0 Å². The van der Waals surface area contributed by atoms with Gasteiger partial charge in [0.15, 0.2) is 0 Å². The first-order chi connectivity index (χ1) is 13.4. The van der Waals surface area contributed by atoms with Gasteiger partial charge in [-0.1, -0.05) is 23.7 Å². The molecule has 3 rings (SSSR count). The third-order valence-electron chi connectivity index (χ3n) is 5.97. The maximum absolute atomic E-state index is 12.7. The molecule has 0 spiro atoms. The molecule has 28 heavy (non-hydrogen) atoms. The van der Waals surface area contributed by atoms with Gasteiger partial charge in [-0.3, -0.25) is 19.4 Å². The average Bonchev–Trinajstić information content (AvgIpc) is 3.24. The Balaban J connectivity index is 1.42. The fraction of sp³-hybridized carbons (Fsp3) is 0.619. The number of benzene rings is 1. The standard InChI is InChI=1S/C21H31ClN4O2/c1-17(18-5-7-19(22)8-6-18)23(2)20(27)15-24-11-13-25(14-12-24)16-21(28)26-9-3-4-10-26/h5-8,17H,3-4,9-16H2,1-2H3. The van der Waals surface area contributed by atoms with Crippen LogP contribution in [0.4, 0.5) is 0 Å². The molecule has 6 nitrogen and oxygen atoms in total. The molecular weight excluding hydrogens is 376 g/mol. The van der Waals surface area contributed by atoms with Crippen LogP contribution in [0.2, 0.25) is 5.02 Å². The van der Waals surface area contributed by atoms with Crippen molar-refractivity contribution in [3.63, 3.8) is 0 Å². The van der Waals surface area contributed by atoms with Crippen molar-refractivity contribution in [2.45, 2.75) is 25.8 Å². The molecule has 2 saturated heterocycles. The van der Waals surface area contributed by atoms with E-state index in [0.29, 0.717) is 18.1 Å². The van der Waals surface area contributed by atoms with Crippen molar-refractivity contribution in [1.82, 2.24) is 19.6 Å². The average molecular weight is 407 g/mol. The van der Waals surface area contributed by atoms with Gasteiger partial charge in [0.05, 0.1) is 19.1 Å². The maximum Gasteiger partial charge on any atom is 0.236 e. The lowest BCUT2D eigenvalue weighted by molar-refractivity contribution is -0.135. The number of carbonyl (C=O) groups excluding carboxylic acids is 2. The first kappa shape index (κ1) is 21.1. The number of hydrogen-bond donors (Lipinski definition) is 0. The molecule has 1 aromatic carbocycles. The zero-order valence-corrected chi connectivity index (χ0v) is 17.7. The van der Waals surface area contributed by atoms with E-state index in [2.05, 4.69) is 9.80 Å². The van der Waals surface area contributed by atoms with E-state index < -0.39 is 0 Å². The summed E-state index contributed by atoms with van der Waals surface area (Å²) < 4.78 is 0. The first-order valence-electron chi connectivity index (χ1n) is 10.2. The van der Waals surface area contributed by atoms with Crippen LogP contribution in [0.25, 0.3) is 0 Å². The summed E-state index contributed by atoms with van der Waals surface area (Å²) in [6.45, 7) is 8.09. The van der Waals surface area contributed by atoms with Gasteiger partial charge in [0.1, 0.15) is 0 Å². The molecule has 1 unspecified atom stereocenters. The lowest BCUT2D eigenvalue weighted by atomic mass is 10.1. The topological polar surface area (TPSA) is 47.1 Å². The third-order valence-corrected chi connectivity index (χ3v) is 6.22. The van der Waals surface area contributed by atoms with Gasteiger partial charge < -0.3 is 9.80 Å². The lowest BCUT2D eigenvalue weighted by Crippen LogP contribution is -2.52. The van der Waals surface area contributed by atoms with E-state index in [1.54, 1.807) is 4.90 Å². The molecule has 2 aliphatic heterocycles. The highest BCUT2D eigenvalue weighted by Gasteiger charge is 2.25. The number of carbonyl (C=O) groups is 2. The van der Waals surface area contributed by atoms with E-state index in [9.17, 15) is 9.59 Å². The van der Waals surface area contributed by atoms with Gasteiger partial charge in [0, 0.05) is 51.3 Å². The summed E-state index contributed by atoms with van der Waals surface area (Å²) in [5.41, 5.74) is 1.07. The molecule has 1 atom stereocenters. The predicted molar refractivity (Wildman–Crippen MR) is 111 cm³/mol. The van der Waals surface area contributed by atoms with E-state index in [0.717, 1.165) is 57.7 Å². The molecule has 2 heterocycles. The van der Waals surface area contributed by atoms with Crippen LogP contribution in [-0.2, 0) is 9.59 Å². The SMILES string of the molecule is CC(c1ccc(Cl)cc1)N(C)C(=O)CN1CCN(CC(=O)N2CCCC2)CC1. The number of amides is 2. The number of nitrogens with zero attached hydrogens (tertiary/aromatic N) is 4. The Labute approximate surface area is 173 Å². The molecule has 7 heteroatoms. The van der Waals surface area contributed by atoms with Crippen LogP contribution in [0.3, 0.4) is 0 Å². The minimum atomic E-state index is 0.00383. The van der Waals surface area contributed by atoms with Crippen molar-refractivity contribution in [3.05, 3.63) is 34.9 Å². The summed E-state index contributed by atoms with van der Waals surface area (Å²) in [5.74, 6) is 0.364. The van der Waals surface area contributed by atoms with Crippen LogP contribution in [0.5, 0.6) is 0 Å². The summed E-state index contributed by atoms with van der Waals surface area (Å²) in [4.78, 5) is 33.2. The third kappa shape index (κ3) is 5.46. The smallest absolute Gasteiger partial charge is 0.236 e. The van der Waals surface area contributed by atoms with Crippen molar-refractivity contribution < 1.29 is 9.59 Å². The molecule has 0 N–H and O–H groups in total. The number of piperazine rings is 1. The molecule has 1 aromatic rings. The normalized spacial score (nSPS) is 19.6. The number of rotatable bonds is 6. The van der Waals surface area contributed by atoms with Gasteiger partial charge in [-0.15, -0.1) is 0 Å². The van der Waals surface area contributed by atoms with Crippen LogP contribution >= 0.6 is 11.6 Å². The second-order valence-electron chi connectivity index (χ2n) is 7.87. The molecule has 0 aromatic heterocycles. The quantitative estimate of drug-likeness (QED) is 0.725. The highest BCUT2D eigenvalue weighted by molar-refractivity contribution is 6.30. The van der Waals surface area contributed by atoms with Crippen molar-refractivity contribution in [2.75, 3.05) is 59.4 Å². The van der Waals surface area contributed by atoms with Gasteiger partial charge in [0.25, 0.3) is 0 Å². The Hall–Kier alpha value is -1.63. The van der Waals surface area contributed by atoms with Crippen LogP contribution in [0, 0.1) is 0 Å².